The maximum atomic E-state index is 10.3. The summed E-state index contributed by atoms with van der Waals surface area (Å²) in [6, 6.07) is 60.4. The topological polar surface area (TPSA) is 76.3 Å². The molecule has 0 aliphatic rings. The van der Waals surface area contributed by atoms with Gasteiger partial charge < -0.3 is 4.57 Å². The minimum atomic E-state index is 0.572. The Hall–Kier alpha value is -7.45. The van der Waals surface area contributed by atoms with Crippen molar-refractivity contribution >= 4 is 43.4 Å². The quantitative estimate of drug-likeness (QED) is 0.179. The zero-order chi connectivity index (χ0) is 34.5. The van der Waals surface area contributed by atoms with Crippen LogP contribution in [0.5, 0.6) is 0 Å². The predicted octanol–water partition coefficient (Wildman–Crippen LogP) is 11.7. The molecule has 0 saturated carbocycles. The number of benzene rings is 8. The van der Waals surface area contributed by atoms with Gasteiger partial charge in [0, 0.05) is 16.5 Å². The minimum Gasteiger partial charge on any atom is -0.309 e. The summed E-state index contributed by atoms with van der Waals surface area (Å²) in [4.78, 5) is 0. The normalized spacial score (nSPS) is 11.1. The van der Waals surface area contributed by atoms with Crippen LogP contribution < -0.4 is 0 Å². The van der Waals surface area contributed by atoms with Crippen LogP contribution in [0.25, 0.3) is 82.4 Å². The van der Waals surface area contributed by atoms with Crippen molar-refractivity contribution in [3.8, 4) is 57.3 Å². The van der Waals surface area contributed by atoms with E-state index in [1.54, 1.807) is 0 Å². The molecule has 0 fully saturated rings. The number of hydrogen-bond donors (Lipinski definition) is 0. The monoisotopic (exact) mass is 646 g/mol. The second kappa shape index (κ2) is 11.9. The summed E-state index contributed by atoms with van der Waals surface area (Å²) < 4.78 is 2.17. The van der Waals surface area contributed by atoms with Crippen LogP contribution in [0.3, 0.4) is 0 Å². The largest absolute Gasteiger partial charge is 0.309 e. The highest BCUT2D eigenvalue weighted by Crippen LogP contribution is 2.44. The standard InChI is InChI=1S/C47H26N4/c48-27-30-14-20-44-42(24-30)43-25-31(28-49)15-21-45(43)51(44)37-18-16-33(17-19-37)35-22-32(29-50)23-36(26-35)47-40-12-6-4-10-38(40)46(34-8-2-1-3-9-34)39-11-5-7-13-41(39)47/h1-26H. The molecule has 234 valence electrons. The molecule has 1 heterocycles. The average molecular weight is 647 g/mol. The Balaban J connectivity index is 1.22. The number of fused-ring (bicyclic) bond motifs is 5. The first-order chi connectivity index (χ1) is 25.1. The summed E-state index contributed by atoms with van der Waals surface area (Å²) >= 11 is 0. The zero-order valence-electron chi connectivity index (χ0n) is 27.3. The maximum absolute atomic E-state index is 10.3. The molecule has 0 radical (unpaired) electrons. The lowest BCUT2D eigenvalue weighted by Crippen LogP contribution is -1.94. The van der Waals surface area contributed by atoms with Crippen LogP contribution >= 0.6 is 0 Å². The van der Waals surface area contributed by atoms with E-state index in [2.05, 4.69) is 126 Å². The van der Waals surface area contributed by atoms with E-state index in [9.17, 15) is 15.8 Å². The SMILES string of the molecule is N#Cc1cc(-c2ccc(-n3c4ccc(C#N)cc4c4cc(C#N)ccc43)cc2)cc(-c2c3ccccc3c(-c3ccccc3)c3ccccc23)c1. The Bertz CT molecular complexity index is 2860. The molecule has 0 amide bonds. The van der Waals surface area contributed by atoms with Gasteiger partial charge in [-0.3, -0.25) is 0 Å². The van der Waals surface area contributed by atoms with E-state index in [0.717, 1.165) is 60.5 Å². The molecule has 1 aromatic heterocycles. The molecule has 51 heavy (non-hydrogen) atoms. The van der Waals surface area contributed by atoms with Crippen LogP contribution in [0.4, 0.5) is 0 Å². The average Bonchev–Trinajstić information content (AvgIpc) is 3.52. The molecule has 0 aliphatic carbocycles. The molecule has 0 saturated heterocycles. The summed E-state index contributed by atoms with van der Waals surface area (Å²) in [6.07, 6.45) is 0. The van der Waals surface area contributed by atoms with Gasteiger partial charge in [0.15, 0.2) is 0 Å². The highest BCUT2D eigenvalue weighted by Gasteiger charge is 2.18. The lowest BCUT2D eigenvalue weighted by molar-refractivity contribution is 1.18. The molecule has 8 aromatic carbocycles. The molecule has 0 bridgehead atoms. The molecule has 9 rings (SSSR count). The number of aromatic nitrogens is 1. The predicted molar refractivity (Wildman–Crippen MR) is 206 cm³/mol. The molecular weight excluding hydrogens is 621 g/mol. The highest BCUT2D eigenvalue weighted by atomic mass is 15.0. The van der Waals surface area contributed by atoms with Crippen molar-refractivity contribution in [1.82, 2.24) is 4.57 Å². The molecular formula is C47H26N4. The van der Waals surface area contributed by atoms with E-state index in [1.165, 1.54) is 21.9 Å². The number of nitrogens with zero attached hydrogens (tertiary/aromatic N) is 4. The van der Waals surface area contributed by atoms with Crippen LogP contribution in [0.15, 0.2) is 158 Å². The Morgan fingerprint density at radius 3 is 1.31 bits per heavy atom. The van der Waals surface area contributed by atoms with Gasteiger partial charge in [-0.05, 0) is 122 Å². The fourth-order valence-electron chi connectivity index (χ4n) is 7.60. The number of nitriles is 3. The van der Waals surface area contributed by atoms with Crippen LogP contribution in [-0.2, 0) is 0 Å². The summed E-state index contributed by atoms with van der Waals surface area (Å²) in [7, 11) is 0. The van der Waals surface area contributed by atoms with Gasteiger partial charge in [-0.15, -0.1) is 0 Å². The summed E-state index contributed by atoms with van der Waals surface area (Å²) in [5, 5.41) is 35.9. The summed E-state index contributed by atoms with van der Waals surface area (Å²) in [5.74, 6) is 0. The van der Waals surface area contributed by atoms with Crippen molar-refractivity contribution in [2.24, 2.45) is 0 Å². The molecule has 4 heteroatoms. The summed E-state index contributed by atoms with van der Waals surface area (Å²) in [6.45, 7) is 0. The van der Waals surface area contributed by atoms with Gasteiger partial charge in [-0.25, -0.2) is 0 Å². The molecule has 9 aromatic rings. The Morgan fingerprint density at radius 2 is 0.804 bits per heavy atom. The Kier molecular flexibility index (Phi) is 6.93. The van der Waals surface area contributed by atoms with Gasteiger partial charge in [0.25, 0.3) is 0 Å². The van der Waals surface area contributed by atoms with E-state index in [1.807, 2.05) is 54.6 Å². The van der Waals surface area contributed by atoms with E-state index >= 15 is 0 Å². The first-order valence-corrected chi connectivity index (χ1v) is 16.7. The van der Waals surface area contributed by atoms with Crippen molar-refractivity contribution in [1.29, 1.82) is 15.8 Å². The van der Waals surface area contributed by atoms with Crippen molar-refractivity contribution in [2.45, 2.75) is 0 Å². The fraction of sp³-hybridized carbons (Fsp3) is 0. The lowest BCUT2D eigenvalue weighted by atomic mass is 9.85. The van der Waals surface area contributed by atoms with Gasteiger partial charge in [0.1, 0.15) is 0 Å². The molecule has 0 spiro atoms. The first kappa shape index (κ1) is 29.7. The highest BCUT2D eigenvalue weighted by molar-refractivity contribution is 6.21. The van der Waals surface area contributed by atoms with Gasteiger partial charge in [0.2, 0.25) is 0 Å². The third-order valence-corrected chi connectivity index (χ3v) is 9.83. The third-order valence-electron chi connectivity index (χ3n) is 9.83. The summed E-state index contributed by atoms with van der Waals surface area (Å²) in [5.41, 5.74) is 11.0. The van der Waals surface area contributed by atoms with Gasteiger partial charge >= 0.3 is 0 Å². The van der Waals surface area contributed by atoms with Crippen molar-refractivity contribution < 1.29 is 0 Å². The van der Waals surface area contributed by atoms with Gasteiger partial charge in [-0.1, -0.05) is 91.0 Å². The fourth-order valence-corrected chi connectivity index (χ4v) is 7.60. The number of rotatable bonds is 4. The van der Waals surface area contributed by atoms with Gasteiger partial charge in [0.05, 0.1) is 45.9 Å². The van der Waals surface area contributed by atoms with Crippen LogP contribution in [-0.4, -0.2) is 4.57 Å². The van der Waals surface area contributed by atoms with E-state index in [4.69, 9.17) is 0 Å². The molecule has 0 unspecified atom stereocenters. The third kappa shape index (κ3) is 4.81. The zero-order valence-corrected chi connectivity index (χ0v) is 27.3. The van der Waals surface area contributed by atoms with E-state index in [0.29, 0.717) is 16.7 Å². The Morgan fingerprint density at radius 1 is 0.333 bits per heavy atom. The second-order valence-corrected chi connectivity index (χ2v) is 12.7. The molecule has 0 N–H and O–H groups in total. The van der Waals surface area contributed by atoms with Crippen molar-refractivity contribution in [2.75, 3.05) is 0 Å². The lowest BCUT2D eigenvalue weighted by Gasteiger charge is -2.18. The van der Waals surface area contributed by atoms with Gasteiger partial charge in [-0.2, -0.15) is 15.8 Å². The second-order valence-electron chi connectivity index (χ2n) is 12.7. The smallest absolute Gasteiger partial charge is 0.0992 e. The van der Waals surface area contributed by atoms with Crippen LogP contribution in [0, 0.1) is 34.0 Å². The van der Waals surface area contributed by atoms with Crippen LogP contribution in [0.2, 0.25) is 0 Å². The van der Waals surface area contributed by atoms with E-state index < -0.39 is 0 Å². The molecule has 4 nitrogen and oxygen atoms in total. The number of hydrogen-bond acceptors (Lipinski definition) is 3. The molecule has 0 atom stereocenters. The molecule has 0 aliphatic heterocycles. The van der Waals surface area contributed by atoms with E-state index in [-0.39, 0.29) is 0 Å². The maximum Gasteiger partial charge on any atom is 0.0992 e. The van der Waals surface area contributed by atoms with Crippen molar-refractivity contribution in [3.63, 3.8) is 0 Å². The van der Waals surface area contributed by atoms with Crippen molar-refractivity contribution in [3.05, 3.63) is 174 Å². The Labute approximate surface area is 294 Å². The van der Waals surface area contributed by atoms with Crippen LogP contribution in [0.1, 0.15) is 16.7 Å². The first-order valence-electron chi connectivity index (χ1n) is 16.7. The minimum absolute atomic E-state index is 0.572.